The quantitative estimate of drug-likeness (QED) is 0.116. The van der Waals surface area contributed by atoms with Crippen molar-refractivity contribution in [3.63, 3.8) is 0 Å². The third-order valence-corrected chi connectivity index (χ3v) is 13.9. The lowest BCUT2D eigenvalue weighted by Crippen LogP contribution is -2.34. The van der Waals surface area contributed by atoms with E-state index >= 15 is 0 Å². The molecule has 6 aliphatic rings. The maximum absolute atomic E-state index is 14.9. The molecule has 270 valence electrons. The lowest BCUT2D eigenvalue weighted by atomic mass is 9.84. The van der Waals surface area contributed by atoms with Crippen molar-refractivity contribution < 1.29 is 13.3 Å². The summed E-state index contributed by atoms with van der Waals surface area (Å²) in [6, 6.07) is 6.53. The van der Waals surface area contributed by atoms with Crippen LogP contribution in [0.15, 0.2) is 45.8 Å². The average Bonchev–Trinajstić information content (AvgIpc) is 3.19. The topological polar surface area (TPSA) is 100 Å². The number of anilines is 3. The van der Waals surface area contributed by atoms with Crippen molar-refractivity contribution in [2.45, 2.75) is 77.0 Å². The van der Waals surface area contributed by atoms with Gasteiger partial charge in [-0.2, -0.15) is 0 Å². The first-order valence-electron chi connectivity index (χ1n) is 20.3. The molecule has 3 aromatic heterocycles. The van der Waals surface area contributed by atoms with Crippen LogP contribution >= 0.6 is 0 Å². The molecule has 13 rings (SSSR count). The first kappa shape index (κ1) is 30.1. The predicted octanol–water partition coefficient (Wildman–Crippen LogP) is 7.56. The van der Waals surface area contributed by atoms with E-state index in [1.165, 1.54) is 33.8 Å². The van der Waals surface area contributed by atoms with Crippen LogP contribution in [0.25, 0.3) is 65.2 Å². The Bertz CT molecular complexity index is 2750. The second-order valence-corrected chi connectivity index (χ2v) is 16.7. The zero-order chi connectivity index (χ0) is 35.6. The molecule has 0 aliphatic carbocycles. The van der Waals surface area contributed by atoms with Crippen molar-refractivity contribution in [3.8, 4) is 0 Å². The molecule has 0 spiro atoms. The summed E-state index contributed by atoms with van der Waals surface area (Å²) in [5.41, 5.74) is 10.5. The fourth-order valence-electron chi connectivity index (χ4n) is 12.0. The molecule has 9 heterocycles. The van der Waals surface area contributed by atoms with Crippen molar-refractivity contribution in [2.75, 3.05) is 54.0 Å². The van der Waals surface area contributed by atoms with Gasteiger partial charge in [0.25, 0.3) is 0 Å². The third-order valence-electron chi connectivity index (χ3n) is 13.9. The first-order valence-corrected chi connectivity index (χ1v) is 20.3. The second-order valence-electron chi connectivity index (χ2n) is 16.7. The van der Waals surface area contributed by atoms with Crippen LogP contribution in [0, 0.1) is 0 Å². The number of hydrogen-bond acceptors (Lipinski definition) is 9. The van der Waals surface area contributed by atoms with Gasteiger partial charge >= 0.3 is 16.9 Å². The Morgan fingerprint density at radius 3 is 0.944 bits per heavy atom. The number of benzene rings is 4. The van der Waals surface area contributed by atoms with E-state index in [0.29, 0.717) is 32.9 Å². The molecular formula is C45H39N3O6. The molecule has 0 saturated carbocycles. The maximum Gasteiger partial charge on any atom is 0.344 e. The van der Waals surface area contributed by atoms with Crippen LogP contribution in [0.4, 0.5) is 17.1 Å². The van der Waals surface area contributed by atoms with E-state index in [4.69, 9.17) is 13.3 Å². The van der Waals surface area contributed by atoms with Crippen molar-refractivity contribution in [1.29, 1.82) is 0 Å². The highest BCUT2D eigenvalue weighted by atomic mass is 16.4. The summed E-state index contributed by atoms with van der Waals surface area (Å²) in [6.45, 7) is 5.93. The SMILES string of the molecule is O=c1oc2c3c4c(cc2c2c1c1c5cc6c7c(c5oc(=O)c1c1c5cc8c9c(c5oc(=O)c21)CCCN9CCC8)CCCN7CCC6)CCCN4CCC3. The molecule has 6 aliphatic heterocycles. The van der Waals surface area contributed by atoms with Gasteiger partial charge in [-0.1, -0.05) is 0 Å². The lowest BCUT2D eigenvalue weighted by Gasteiger charge is -2.37. The molecule has 0 saturated heterocycles. The lowest BCUT2D eigenvalue weighted by molar-refractivity contribution is 0.554. The summed E-state index contributed by atoms with van der Waals surface area (Å²) in [7, 11) is 0. The van der Waals surface area contributed by atoms with Gasteiger partial charge in [0.1, 0.15) is 16.7 Å². The molecule has 0 atom stereocenters. The van der Waals surface area contributed by atoms with E-state index in [0.717, 1.165) is 149 Å². The van der Waals surface area contributed by atoms with Gasteiger partial charge in [0.2, 0.25) is 0 Å². The van der Waals surface area contributed by atoms with Crippen molar-refractivity contribution in [3.05, 3.63) is 82.8 Å². The van der Waals surface area contributed by atoms with Gasteiger partial charge < -0.3 is 28.0 Å². The Balaban J connectivity index is 1.32. The Hall–Kier alpha value is -5.31. The molecule has 0 unspecified atom stereocenters. The van der Waals surface area contributed by atoms with Gasteiger partial charge in [-0.15, -0.1) is 0 Å². The highest BCUT2D eigenvalue weighted by molar-refractivity contribution is 6.38. The van der Waals surface area contributed by atoms with Crippen LogP contribution < -0.4 is 31.6 Å². The van der Waals surface area contributed by atoms with Crippen LogP contribution in [0.5, 0.6) is 0 Å². The summed E-state index contributed by atoms with van der Waals surface area (Å²) in [6.07, 6.45) is 11.2. The smallest absolute Gasteiger partial charge is 0.344 e. The van der Waals surface area contributed by atoms with Crippen LogP contribution in [-0.2, 0) is 38.5 Å². The van der Waals surface area contributed by atoms with Crippen LogP contribution in [0.2, 0.25) is 0 Å². The van der Waals surface area contributed by atoms with E-state index in [9.17, 15) is 14.4 Å². The molecule has 0 bridgehead atoms. The molecule has 7 aromatic rings. The standard InChI is InChI=1S/C45H39N3O6/c49-43-34-31(28-19-22-7-1-13-46-16-4-10-25(37(22)46)40(28)52-43)35-33(30-21-24-9-3-14-47-17-5-11-26(38(24)47)41(30)53-44(35)50)36-32(34)29-20-23-8-2-15-48-18-6-12-27(39(23)48)42(29)54-45(36)51/h19-21H,1-18H2. The molecule has 0 N–H and O–H groups in total. The summed E-state index contributed by atoms with van der Waals surface area (Å²) >= 11 is 0. The van der Waals surface area contributed by atoms with Crippen LogP contribution in [0.1, 0.15) is 71.9 Å². The number of nitrogens with zero attached hydrogens (tertiary/aromatic N) is 3. The summed E-state index contributed by atoms with van der Waals surface area (Å²) in [5, 5.41) is 4.79. The number of aryl methyl sites for hydroxylation is 6. The summed E-state index contributed by atoms with van der Waals surface area (Å²) < 4.78 is 19.5. The van der Waals surface area contributed by atoms with Crippen LogP contribution in [0.3, 0.4) is 0 Å². The average molecular weight is 718 g/mol. The molecule has 9 heteroatoms. The summed E-state index contributed by atoms with van der Waals surface area (Å²) in [4.78, 5) is 52.0. The minimum atomic E-state index is -0.524. The zero-order valence-electron chi connectivity index (χ0n) is 30.3. The molecular weight excluding hydrogens is 679 g/mol. The molecule has 54 heavy (non-hydrogen) atoms. The highest BCUT2D eigenvalue weighted by Crippen LogP contribution is 2.49. The minimum absolute atomic E-state index is 0.284. The number of hydrogen-bond donors (Lipinski definition) is 0. The second kappa shape index (κ2) is 10.5. The Kier molecular flexibility index (Phi) is 5.82. The van der Waals surface area contributed by atoms with Gasteiger partial charge in [0.15, 0.2) is 0 Å². The van der Waals surface area contributed by atoms with Gasteiger partial charge in [0.05, 0.1) is 16.2 Å². The van der Waals surface area contributed by atoms with Crippen molar-refractivity contribution in [1.82, 2.24) is 0 Å². The fourth-order valence-corrected chi connectivity index (χ4v) is 12.0. The van der Waals surface area contributed by atoms with E-state index in [2.05, 4.69) is 32.9 Å². The van der Waals surface area contributed by atoms with Crippen LogP contribution in [-0.4, -0.2) is 39.3 Å². The van der Waals surface area contributed by atoms with Crippen molar-refractivity contribution in [2.24, 2.45) is 0 Å². The number of fused-ring (bicyclic) bond motifs is 15. The first-order chi connectivity index (χ1) is 26.5. The monoisotopic (exact) mass is 717 g/mol. The van der Waals surface area contributed by atoms with E-state index in [-0.39, 0.29) is 16.2 Å². The Labute approximate surface area is 308 Å². The normalized spacial score (nSPS) is 19.0. The van der Waals surface area contributed by atoms with Gasteiger partial charge in [-0.05, 0) is 112 Å². The maximum atomic E-state index is 14.9. The van der Waals surface area contributed by atoms with Gasteiger partial charge in [-0.25, -0.2) is 14.4 Å². The number of rotatable bonds is 0. The molecule has 4 aromatic carbocycles. The molecule has 9 nitrogen and oxygen atoms in total. The highest BCUT2D eigenvalue weighted by Gasteiger charge is 2.35. The largest absolute Gasteiger partial charge is 0.422 e. The molecule has 0 amide bonds. The minimum Gasteiger partial charge on any atom is -0.422 e. The molecule has 0 radical (unpaired) electrons. The molecule has 0 fully saturated rings. The van der Waals surface area contributed by atoms with Gasteiger partial charge in [0, 0.05) is 105 Å². The van der Waals surface area contributed by atoms with E-state index in [1.54, 1.807) is 0 Å². The summed E-state index contributed by atoms with van der Waals surface area (Å²) in [5.74, 6) is 0. The Morgan fingerprint density at radius 1 is 0.370 bits per heavy atom. The fraction of sp³-hybridized carbons (Fsp3) is 0.400. The Morgan fingerprint density at radius 2 is 0.648 bits per heavy atom. The van der Waals surface area contributed by atoms with Crippen molar-refractivity contribution >= 4 is 82.3 Å². The van der Waals surface area contributed by atoms with Gasteiger partial charge in [-0.3, -0.25) is 0 Å². The zero-order valence-corrected chi connectivity index (χ0v) is 30.3. The van der Waals surface area contributed by atoms with E-state index in [1.807, 2.05) is 0 Å². The predicted molar refractivity (Wildman–Crippen MR) is 214 cm³/mol. The van der Waals surface area contributed by atoms with E-state index < -0.39 is 16.9 Å². The third kappa shape index (κ3) is 3.68.